The van der Waals surface area contributed by atoms with Crippen molar-refractivity contribution in [3.05, 3.63) is 98.8 Å². The summed E-state index contributed by atoms with van der Waals surface area (Å²) in [5, 5.41) is 11.2. The molecule has 148 valence electrons. The molecule has 29 heavy (non-hydrogen) atoms. The Bertz CT molecular complexity index is 1040. The van der Waals surface area contributed by atoms with E-state index in [2.05, 4.69) is 16.7 Å². The topological polar surface area (TPSA) is 68.4 Å². The Balaban J connectivity index is 1.57. The van der Waals surface area contributed by atoms with Crippen LogP contribution < -0.4 is 0 Å². The molecular weight excluding hydrogens is 390 g/mol. The molecule has 0 saturated heterocycles. The van der Waals surface area contributed by atoms with Crippen molar-refractivity contribution >= 4 is 23.2 Å². The van der Waals surface area contributed by atoms with Crippen molar-refractivity contribution in [3.8, 4) is 0 Å². The van der Waals surface area contributed by atoms with Gasteiger partial charge in [-0.3, -0.25) is 14.9 Å². The lowest BCUT2D eigenvalue weighted by atomic mass is 10.1. The van der Waals surface area contributed by atoms with Gasteiger partial charge in [0.15, 0.2) is 0 Å². The van der Waals surface area contributed by atoms with Gasteiger partial charge in [-0.25, -0.2) is 0 Å². The second kappa shape index (κ2) is 8.09. The van der Waals surface area contributed by atoms with Gasteiger partial charge in [-0.2, -0.15) is 0 Å². The largest absolute Gasteiger partial charge is 0.345 e. The highest BCUT2D eigenvalue weighted by Crippen LogP contribution is 2.32. The maximum absolute atomic E-state index is 13.2. The molecule has 0 spiro atoms. The first-order valence-electron chi connectivity index (χ1n) is 9.46. The Morgan fingerprint density at radius 2 is 1.90 bits per heavy atom. The van der Waals surface area contributed by atoms with E-state index in [1.807, 2.05) is 41.4 Å². The number of rotatable bonds is 7. The van der Waals surface area contributed by atoms with Crippen LogP contribution >= 0.6 is 11.6 Å². The van der Waals surface area contributed by atoms with E-state index in [0.717, 1.165) is 25.1 Å². The highest BCUT2D eigenvalue weighted by atomic mass is 35.5. The summed E-state index contributed by atoms with van der Waals surface area (Å²) in [5.41, 5.74) is 2.25. The van der Waals surface area contributed by atoms with Gasteiger partial charge in [-0.1, -0.05) is 41.9 Å². The van der Waals surface area contributed by atoms with Gasteiger partial charge in [0.25, 0.3) is 11.6 Å². The lowest BCUT2D eigenvalue weighted by Crippen LogP contribution is -2.33. The fourth-order valence-electron chi connectivity index (χ4n) is 3.41. The summed E-state index contributed by atoms with van der Waals surface area (Å²) in [6.45, 7) is 1.18. The third kappa shape index (κ3) is 4.32. The number of carbonyl (C=O) groups is 1. The Hall–Kier alpha value is -3.12. The number of hydrogen-bond donors (Lipinski definition) is 0. The molecule has 0 unspecified atom stereocenters. The van der Waals surface area contributed by atoms with Crippen LogP contribution in [0.1, 0.15) is 34.5 Å². The fourth-order valence-corrected chi connectivity index (χ4v) is 3.59. The Morgan fingerprint density at radius 1 is 1.14 bits per heavy atom. The highest BCUT2D eigenvalue weighted by Gasteiger charge is 2.34. The Kier molecular flexibility index (Phi) is 5.36. The van der Waals surface area contributed by atoms with Crippen LogP contribution in [-0.4, -0.2) is 26.3 Å². The molecular formula is C22H20ClN3O3. The van der Waals surface area contributed by atoms with E-state index in [4.69, 9.17) is 11.6 Å². The van der Waals surface area contributed by atoms with Crippen LogP contribution in [0.25, 0.3) is 0 Å². The van der Waals surface area contributed by atoms with Gasteiger partial charge in [0, 0.05) is 36.1 Å². The number of aromatic nitrogens is 1. The zero-order valence-corrected chi connectivity index (χ0v) is 16.5. The fraction of sp³-hybridized carbons (Fsp3) is 0.227. The molecule has 1 heterocycles. The first kappa shape index (κ1) is 19.2. The molecule has 4 rings (SSSR count). The number of carbonyl (C=O) groups excluding carboxylic acids is 1. The number of nitro groups is 1. The van der Waals surface area contributed by atoms with E-state index in [-0.39, 0.29) is 28.2 Å². The van der Waals surface area contributed by atoms with Crippen molar-refractivity contribution in [2.75, 3.05) is 0 Å². The molecule has 1 amide bonds. The third-order valence-corrected chi connectivity index (χ3v) is 5.41. The van der Waals surface area contributed by atoms with Crippen LogP contribution in [0, 0.1) is 10.1 Å². The number of nitrogens with zero attached hydrogens (tertiary/aromatic N) is 3. The number of benzene rings is 2. The standard InChI is InChI=1S/C22H20ClN3O3/c23-20-11-8-17(13-21(20)26(28)29)22(27)25(18-9-10-18)15-19-7-4-12-24(19)14-16-5-2-1-3-6-16/h1-8,11-13,18H,9-10,14-15H2. The van der Waals surface area contributed by atoms with Crippen molar-refractivity contribution in [1.82, 2.24) is 9.47 Å². The number of amides is 1. The zero-order valence-electron chi connectivity index (χ0n) is 15.7. The summed E-state index contributed by atoms with van der Waals surface area (Å²) >= 11 is 5.89. The van der Waals surface area contributed by atoms with Crippen molar-refractivity contribution in [2.24, 2.45) is 0 Å². The summed E-state index contributed by atoms with van der Waals surface area (Å²) in [6.07, 6.45) is 3.90. The maximum atomic E-state index is 13.2. The number of halogens is 1. The van der Waals surface area contributed by atoms with Gasteiger partial charge in [0.1, 0.15) is 5.02 Å². The lowest BCUT2D eigenvalue weighted by Gasteiger charge is -2.23. The lowest BCUT2D eigenvalue weighted by molar-refractivity contribution is -0.384. The van der Waals surface area contributed by atoms with Gasteiger partial charge in [0.05, 0.1) is 11.5 Å². The molecule has 1 aliphatic rings. The monoisotopic (exact) mass is 409 g/mol. The normalized spacial score (nSPS) is 13.3. The van der Waals surface area contributed by atoms with Crippen LogP contribution in [0.2, 0.25) is 5.02 Å². The molecule has 0 N–H and O–H groups in total. The first-order chi connectivity index (χ1) is 14.0. The van der Waals surface area contributed by atoms with Crippen LogP contribution in [0.15, 0.2) is 66.9 Å². The predicted octanol–water partition coefficient (Wildman–Crippen LogP) is 4.90. The van der Waals surface area contributed by atoms with E-state index in [1.165, 1.54) is 17.7 Å². The number of nitro benzene ring substituents is 1. The minimum Gasteiger partial charge on any atom is -0.345 e. The van der Waals surface area contributed by atoms with E-state index >= 15 is 0 Å². The van der Waals surface area contributed by atoms with Crippen molar-refractivity contribution in [3.63, 3.8) is 0 Å². The average molecular weight is 410 g/mol. The molecule has 6 nitrogen and oxygen atoms in total. The van der Waals surface area contributed by atoms with Gasteiger partial charge in [-0.05, 0) is 42.7 Å². The molecule has 0 atom stereocenters. The zero-order chi connectivity index (χ0) is 20.4. The molecule has 1 aliphatic carbocycles. The molecule has 3 aromatic rings. The second-order valence-electron chi connectivity index (χ2n) is 7.20. The van der Waals surface area contributed by atoms with Gasteiger partial charge in [0.2, 0.25) is 0 Å². The van der Waals surface area contributed by atoms with Crippen molar-refractivity contribution in [2.45, 2.75) is 32.0 Å². The average Bonchev–Trinajstić information content (AvgIpc) is 3.47. The molecule has 1 fully saturated rings. The SMILES string of the molecule is O=C(c1ccc(Cl)c([N+](=O)[O-])c1)N(Cc1cccn1Cc1ccccc1)C1CC1. The minimum atomic E-state index is -0.564. The minimum absolute atomic E-state index is 0.0289. The molecule has 0 radical (unpaired) electrons. The van der Waals surface area contributed by atoms with Crippen LogP contribution in [0.4, 0.5) is 5.69 Å². The van der Waals surface area contributed by atoms with Crippen LogP contribution in [-0.2, 0) is 13.1 Å². The highest BCUT2D eigenvalue weighted by molar-refractivity contribution is 6.32. The molecule has 7 heteroatoms. The summed E-state index contributed by atoms with van der Waals surface area (Å²) in [4.78, 5) is 25.6. The van der Waals surface area contributed by atoms with Crippen LogP contribution in [0.5, 0.6) is 0 Å². The van der Waals surface area contributed by atoms with E-state index in [9.17, 15) is 14.9 Å². The van der Waals surface area contributed by atoms with Gasteiger partial charge >= 0.3 is 0 Å². The Labute approximate surface area is 173 Å². The van der Waals surface area contributed by atoms with E-state index in [1.54, 1.807) is 6.07 Å². The van der Waals surface area contributed by atoms with Crippen LogP contribution in [0.3, 0.4) is 0 Å². The summed E-state index contributed by atoms with van der Waals surface area (Å²) in [5.74, 6) is -0.209. The van der Waals surface area contributed by atoms with E-state index < -0.39 is 4.92 Å². The first-order valence-corrected chi connectivity index (χ1v) is 9.83. The summed E-state index contributed by atoms with van der Waals surface area (Å²) in [6, 6.07) is 18.5. The predicted molar refractivity (Wildman–Crippen MR) is 111 cm³/mol. The second-order valence-corrected chi connectivity index (χ2v) is 7.61. The molecule has 1 saturated carbocycles. The smallest absolute Gasteiger partial charge is 0.288 e. The third-order valence-electron chi connectivity index (χ3n) is 5.09. The van der Waals surface area contributed by atoms with Crippen molar-refractivity contribution in [1.29, 1.82) is 0 Å². The molecule has 2 aromatic carbocycles. The summed E-state index contributed by atoms with van der Waals surface area (Å²) in [7, 11) is 0. The van der Waals surface area contributed by atoms with E-state index in [0.29, 0.717) is 6.54 Å². The Morgan fingerprint density at radius 3 is 2.59 bits per heavy atom. The molecule has 0 bridgehead atoms. The molecule has 0 aliphatic heterocycles. The number of hydrogen-bond acceptors (Lipinski definition) is 3. The van der Waals surface area contributed by atoms with Crippen molar-refractivity contribution < 1.29 is 9.72 Å². The van der Waals surface area contributed by atoms with Gasteiger partial charge in [-0.15, -0.1) is 0 Å². The van der Waals surface area contributed by atoms with Gasteiger partial charge < -0.3 is 9.47 Å². The molecule has 1 aromatic heterocycles. The quantitative estimate of drug-likeness (QED) is 0.411. The maximum Gasteiger partial charge on any atom is 0.288 e. The summed E-state index contributed by atoms with van der Waals surface area (Å²) < 4.78 is 2.13.